The summed E-state index contributed by atoms with van der Waals surface area (Å²) < 4.78 is 2.12. The quantitative estimate of drug-likeness (QED) is 0.402. The number of fused-ring (bicyclic) bond motifs is 3. The van der Waals surface area contributed by atoms with Crippen molar-refractivity contribution in [1.82, 2.24) is 14.6 Å². The summed E-state index contributed by atoms with van der Waals surface area (Å²) in [4.78, 5) is 12.6. The number of pyridine rings is 1. The average molecular weight is 433 g/mol. The summed E-state index contributed by atoms with van der Waals surface area (Å²) in [6.07, 6.45) is 0.411. The Labute approximate surface area is 187 Å². The lowest BCUT2D eigenvalue weighted by Gasteiger charge is -2.13. The van der Waals surface area contributed by atoms with Crippen LogP contribution in [0.5, 0.6) is 0 Å². The number of hydrogen-bond acceptors (Lipinski definition) is 4. The summed E-state index contributed by atoms with van der Waals surface area (Å²) in [5, 5.41) is 13.9. The molecule has 0 fully saturated rings. The van der Waals surface area contributed by atoms with E-state index in [1.54, 1.807) is 11.8 Å². The first-order valence-electron chi connectivity index (χ1n) is 10.5. The van der Waals surface area contributed by atoms with E-state index in [4.69, 9.17) is 0 Å². The van der Waals surface area contributed by atoms with E-state index in [1.807, 2.05) is 13.8 Å². The number of aromatic nitrogens is 3. The van der Waals surface area contributed by atoms with Crippen LogP contribution < -0.4 is 5.32 Å². The smallest absolute Gasteiger partial charge is 0.225 e. The molecule has 0 bridgehead atoms. The van der Waals surface area contributed by atoms with Gasteiger partial charge in [-0.2, -0.15) is 0 Å². The van der Waals surface area contributed by atoms with Gasteiger partial charge in [0.1, 0.15) is 0 Å². The fourth-order valence-electron chi connectivity index (χ4n) is 4.32. The molecular weight excluding hydrogens is 404 g/mol. The van der Waals surface area contributed by atoms with Crippen LogP contribution in [-0.4, -0.2) is 26.3 Å². The van der Waals surface area contributed by atoms with Crippen molar-refractivity contribution in [3.8, 4) is 0 Å². The van der Waals surface area contributed by atoms with Gasteiger partial charge < -0.3 is 5.32 Å². The largest absolute Gasteiger partial charge is 0.326 e. The second-order valence-electron chi connectivity index (χ2n) is 8.40. The van der Waals surface area contributed by atoms with Crippen LogP contribution in [0.2, 0.25) is 0 Å². The number of carbonyl (C=O) groups is 1. The molecule has 4 rings (SSSR count). The molecule has 2 aromatic heterocycles. The van der Waals surface area contributed by atoms with Crippen LogP contribution >= 0.6 is 11.8 Å². The molecule has 4 aromatic rings. The average Bonchev–Trinajstić information content (AvgIpc) is 3.07. The van der Waals surface area contributed by atoms with Crippen LogP contribution in [0, 0.1) is 41.5 Å². The molecule has 31 heavy (non-hydrogen) atoms. The van der Waals surface area contributed by atoms with Gasteiger partial charge in [-0.25, -0.2) is 0 Å². The molecule has 0 spiro atoms. The highest BCUT2D eigenvalue weighted by molar-refractivity contribution is 7.99. The zero-order chi connectivity index (χ0) is 22.3. The Balaban J connectivity index is 1.54. The summed E-state index contributed by atoms with van der Waals surface area (Å²) >= 11 is 1.57. The molecule has 0 aliphatic rings. The third-order valence-electron chi connectivity index (χ3n) is 5.60. The van der Waals surface area contributed by atoms with Gasteiger partial charge in [0.25, 0.3) is 0 Å². The fraction of sp³-hybridized carbons (Fsp3) is 0.320. The molecule has 2 aromatic carbocycles. The second-order valence-corrected chi connectivity index (χ2v) is 9.46. The zero-order valence-electron chi connectivity index (χ0n) is 19.0. The molecule has 0 aliphatic carbocycles. The Morgan fingerprint density at radius 1 is 0.871 bits per heavy atom. The molecule has 0 saturated heterocycles. The normalized spacial score (nSPS) is 11.4. The Morgan fingerprint density at radius 3 is 2.23 bits per heavy atom. The minimum atomic E-state index is 0.0175. The molecule has 2 heterocycles. The molecule has 1 amide bonds. The van der Waals surface area contributed by atoms with E-state index in [0.29, 0.717) is 12.2 Å². The van der Waals surface area contributed by atoms with Crippen molar-refractivity contribution < 1.29 is 4.79 Å². The van der Waals surface area contributed by atoms with E-state index in [9.17, 15) is 4.79 Å². The Bertz CT molecular complexity index is 1300. The van der Waals surface area contributed by atoms with Crippen molar-refractivity contribution in [3.63, 3.8) is 0 Å². The number of aryl methyl sites for hydroxylation is 6. The Kier molecular flexibility index (Phi) is 5.75. The summed E-state index contributed by atoms with van der Waals surface area (Å²) in [5.74, 6) is 0.653. The van der Waals surface area contributed by atoms with E-state index >= 15 is 0 Å². The van der Waals surface area contributed by atoms with Crippen LogP contribution in [0.15, 0.2) is 35.5 Å². The molecular formula is C25H28N4OS. The lowest BCUT2D eigenvalue weighted by Crippen LogP contribution is -2.14. The molecule has 0 radical (unpaired) electrons. The predicted molar refractivity (Wildman–Crippen MR) is 129 cm³/mol. The monoisotopic (exact) mass is 432 g/mol. The minimum Gasteiger partial charge on any atom is -0.326 e. The van der Waals surface area contributed by atoms with Crippen molar-refractivity contribution in [2.24, 2.45) is 0 Å². The van der Waals surface area contributed by atoms with Gasteiger partial charge >= 0.3 is 0 Å². The molecule has 0 aliphatic heterocycles. The molecule has 0 saturated carbocycles. The van der Waals surface area contributed by atoms with Gasteiger partial charge in [0.05, 0.1) is 5.52 Å². The summed E-state index contributed by atoms with van der Waals surface area (Å²) in [6.45, 7) is 12.5. The fourth-order valence-corrected chi connectivity index (χ4v) is 5.20. The maximum atomic E-state index is 12.6. The number of nitrogens with zero attached hydrogens (tertiary/aromatic N) is 3. The van der Waals surface area contributed by atoms with E-state index in [0.717, 1.165) is 33.1 Å². The van der Waals surface area contributed by atoms with Gasteiger partial charge in [-0.05, 0) is 75.9 Å². The zero-order valence-corrected chi connectivity index (χ0v) is 19.8. The van der Waals surface area contributed by atoms with Crippen LogP contribution in [0.3, 0.4) is 0 Å². The SMILES string of the molecule is Cc1cc(C)c(NC(=O)CCSc2nnc3cc(C)c4cc(C)cc(C)c4n23)c(C)c1. The van der Waals surface area contributed by atoms with E-state index < -0.39 is 0 Å². The molecule has 0 unspecified atom stereocenters. The van der Waals surface area contributed by atoms with Crippen molar-refractivity contribution in [2.45, 2.75) is 53.1 Å². The van der Waals surface area contributed by atoms with Crippen molar-refractivity contribution >= 4 is 39.9 Å². The number of nitrogens with one attached hydrogen (secondary N) is 1. The lowest BCUT2D eigenvalue weighted by molar-refractivity contribution is -0.115. The van der Waals surface area contributed by atoms with Crippen LogP contribution in [0.25, 0.3) is 16.6 Å². The van der Waals surface area contributed by atoms with Gasteiger partial charge in [-0.1, -0.05) is 41.1 Å². The molecule has 1 N–H and O–H groups in total. The van der Waals surface area contributed by atoms with Crippen molar-refractivity contribution in [1.29, 1.82) is 0 Å². The number of benzene rings is 2. The molecule has 160 valence electrons. The lowest BCUT2D eigenvalue weighted by atomic mass is 10.0. The maximum Gasteiger partial charge on any atom is 0.225 e. The van der Waals surface area contributed by atoms with E-state index in [-0.39, 0.29) is 5.91 Å². The minimum absolute atomic E-state index is 0.0175. The van der Waals surface area contributed by atoms with Crippen LogP contribution in [-0.2, 0) is 4.79 Å². The predicted octanol–water partition coefficient (Wildman–Crippen LogP) is 5.85. The van der Waals surface area contributed by atoms with Crippen LogP contribution in [0.1, 0.15) is 39.8 Å². The third-order valence-corrected chi connectivity index (χ3v) is 6.53. The van der Waals surface area contributed by atoms with Gasteiger partial charge in [-0.3, -0.25) is 9.20 Å². The standard InChI is InChI=1S/C25H28N4OS/c1-14-9-17(4)23(18(5)10-14)26-22(30)7-8-31-25-28-27-21-13-16(3)20-12-15(2)11-19(6)24(20)29(21)25/h9-13H,7-8H2,1-6H3,(H,26,30). The van der Waals surface area contributed by atoms with E-state index in [2.05, 4.69) is 77.9 Å². The Morgan fingerprint density at radius 2 is 1.52 bits per heavy atom. The number of rotatable bonds is 5. The molecule has 5 nitrogen and oxygen atoms in total. The maximum absolute atomic E-state index is 12.6. The number of carbonyl (C=O) groups excluding carboxylic acids is 1. The van der Waals surface area contributed by atoms with Gasteiger partial charge in [0.2, 0.25) is 5.91 Å². The summed E-state index contributed by atoms with van der Waals surface area (Å²) in [6, 6.07) is 10.7. The highest BCUT2D eigenvalue weighted by Gasteiger charge is 2.15. The highest BCUT2D eigenvalue weighted by Crippen LogP contribution is 2.29. The molecule has 6 heteroatoms. The van der Waals surface area contributed by atoms with Crippen molar-refractivity contribution in [3.05, 3.63) is 63.7 Å². The summed E-state index contributed by atoms with van der Waals surface area (Å²) in [7, 11) is 0. The first-order valence-corrected chi connectivity index (χ1v) is 11.5. The van der Waals surface area contributed by atoms with Crippen LogP contribution in [0.4, 0.5) is 5.69 Å². The second kappa shape index (κ2) is 8.35. The first kappa shape index (κ1) is 21.4. The Hall–Kier alpha value is -2.86. The topological polar surface area (TPSA) is 59.3 Å². The number of thioether (sulfide) groups is 1. The number of hydrogen-bond donors (Lipinski definition) is 1. The highest BCUT2D eigenvalue weighted by atomic mass is 32.2. The van der Waals surface area contributed by atoms with Gasteiger partial charge in [0.15, 0.2) is 10.8 Å². The van der Waals surface area contributed by atoms with Gasteiger partial charge in [0, 0.05) is 23.2 Å². The first-order chi connectivity index (χ1) is 14.7. The van der Waals surface area contributed by atoms with Gasteiger partial charge in [-0.15, -0.1) is 10.2 Å². The third kappa shape index (κ3) is 4.17. The summed E-state index contributed by atoms with van der Waals surface area (Å²) in [5.41, 5.74) is 9.93. The number of amides is 1. The molecule has 0 atom stereocenters. The number of anilines is 1. The van der Waals surface area contributed by atoms with Crippen molar-refractivity contribution in [2.75, 3.05) is 11.1 Å². The van der Waals surface area contributed by atoms with E-state index in [1.165, 1.54) is 27.6 Å².